The van der Waals surface area contributed by atoms with Gasteiger partial charge in [0.15, 0.2) is 0 Å². The number of rotatable bonds is 3. The summed E-state index contributed by atoms with van der Waals surface area (Å²) in [6.07, 6.45) is 2.95. The number of likely N-dealkylation sites (tertiary alicyclic amines) is 1. The highest BCUT2D eigenvalue weighted by atomic mass is 16.1. The van der Waals surface area contributed by atoms with E-state index in [4.69, 9.17) is 0 Å². The lowest BCUT2D eigenvalue weighted by molar-refractivity contribution is -0.122. The van der Waals surface area contributed by atoms with Crippen LogP contribution in [0.25, 0.3) is 0 Å². The first kappa shape index (κ1) is 10.9. The Morgan fingerprint density at radius 3 is 3.00 bits per heavy atom. The smallest absolute Gasteiger partial charge is 0.220 e. The molecular formula is C11H21N3O. The van der Waals surface area contributed by atoms with Gasteiger partial charge in [-0.05, 0) is 45.4 Å². The van der Waals surface area contributed by atoms with Crippen molar-refractivity contribution in [1.29, 1.82) is 0 Å². The molecule has 2 aliphatic rings. The van der Waals surface area contributed by atoms with Crippen LogP contribution >= 0.6 is 0 Å². The molecule has 2 saturated heterocycles. The molecule has 0 spiro atoms. The van der Waals surface area contributed by atoms with Crippen molar-refractivity contribution in [2.24, 2.45) is 5.92 Å². The van der Waals surface area contributed by atoms with Gasteiger partial charge in [0.2, 0.25) is 5.91 Å². The minimum absolute atomic E-state index is 0.240. The number of hydrogen-bond acceptors (Lipinski definition) is 3. The molecule has 0 aromatic rings. The molecule has 1 amide bonds. The summed E-state index contributed by atoms with van der Waals surface area (Å²) in [5.74, 6) is 0.799. The summed E-state index contributed by atoms with van der Waals surface area (Å²) in [4.78, 5) is 14.0. The van der Waals surface area contributed by atoms with Crippen LogP contribution < -0.4 is 10.6 Å². The van der Waals surface area contributed by atoms with Gasteiger partial charge in [-0.1, -0.05) is 0 Å². The van der Waals surface area contributed by atoms with E-state index >= 15 is 0 Å². The quantitative estimate of drug-likeness (QED) is 0.680. The van der Waals surface area contributed by atoms with Gasteiger partial charge in [0.1, 0.15) is 0 Å². The number of carbonyl (C=O) groups is 1. The van der Waals surface area contributed by atoms with Crippen molar-refractivity contribution in [3.8, 4) is 0 Å². The molecule has 2 N–H and O–H groups in total. The predicted molar refractivity (Wildman–Crippen MR) is 59.6 cm³/mol. The second-order valence-electron chi connectivity index (χ2n) is 4.88. The molecule has 0 aromatic carbocycles. The van der Waals surface area contributed by atoms with E-state index in [1.54, 1.807) is 0 Å². The SMILES string of the molecule is CN1CC[C@@H](NC(=O)C[C@@H]2CCNC2)C1. The minimum atomic E-state index is 0.240. The number of likely N-dealkylation sites (N-methyl/N-ethyl adjacent to an activating group) is 1. The Hall–Kier alpha value is -0.610. The van der Waals surface area contributed by atoms with Gasteiger partial charge < -0.3 is 15.5 Å². The molecule has 0 saturated carbocycles. The summed E-state index contributed by atoms with van der Waals surface area (Å²) in [6, 6.07) is 0.386. The van der Waals surface area contributed by atoms with Crippen molar-refractivity contribution >= 4 is 5.91 Å². The molecular weight excluding hydrogens is 190 g/mol. The Labute approximate surface area is 91.4 Å². The van der Waals surface area contributed by atoms with Crippen molar-refractivity contribution in [2.45, 2.75) is 25.3 Å². The Morgan fingerprint density at radius 1 is 1.53 bits per heavy atom. The average molecular weight is 211 g/mol. The van der Waals surface area contributed by atoms with E-state index in [2.05, 4.69) is 22.6 Å². The molecule has 0 bridgehead atoms. The first-order valence-corrected chi connectivity index (χ1v) is 5.92. The van der Waals surface area contributed by atoms with Crippen molar-refractivity contribution in [3.05, 3.63) is 0 Å². The number of carbonyl (C=O) groups excluding carboxylic acids is 1. The van der Waals surface area contributed by atoms with Crippen molar-refractivity contribution in [2.75, 3.05) is 33.2 Å². The third kappa shape index (κ3) is 3.18. The van der Waals surface area contributed by atoms with E-state index in [9.17, 15) is 4.79 Å². The maximum Gasteiger partial charge on any atom is 0.220 e. The average Bonchev–Trinajstić information content (AvgIpc) is 2.77. The molecule has 4 nitrogen and oxygen atoms in total. The zero-order valence-corrected chi connectivity index (χ0v) is 9.46. The van der Waals surface area contributed by atoms with Gasteiger partial charge >= 0.3 is 0 Å². The second-order valence-corrected chi connectivity index (χ2v) is 4.88. The molecule has 0 unspecified atom stereocenters. The van der Waals surface area contributed by atoms with Crippen molar-refractivity contribution < 1.29 is 4.79 Å². The van der Waals surface area contributed by atoms with E-state index in [1.807, 2.05) is 0 Å². The predicted octanol–water partition coefficient (Wildman–Crippen LogP) is -0.194. The molecule has 2 fully saturated rings. The number of nitrogens with one attached hydrogen (secondary N) is 2. The summed E-state index contributed by atoms with van der Waals surface area (Å²) >= 11 is 0. The fraction of sp³-hybridized carbons (Fsp3) is 0.909. The highest BCUT2D eigenvalue weighted by molar-refractivity contribution is 5.76. The molecule has 0 radical (unpaired) electrons. The van der Waals surface area contributed by atoms with Crippen LogP contribution in [0.5, 0.6) is 0 Å². The molecule has 2 heterocycles. The molecule has 2 aliphatic heterocycles. The van der Waals surface area contributed by atoms with E-state index in [0.29, 0.717) is 18.4 Å². The summed E-state index contributed by atoms with van der Waals surface area (Å²) < 4.78 is 0. The van der Waals surface area contributed by atoms with Crippen LogP contribution in [0.2, 0.25) is 0 Å². The van der Waals surface area contributed by atoms with E-state index < -0.39 is 0 Å². The monoisotopic (exact) mass is 211 g/mol. The Bertz CT molecular complexity index is 226. The third-order valence-electron chi connectivity index (χ3n) is 3.39. The summed E-state index contributed by atoms with van der Waals surface area (Å²) in [5, 5.41) is 6.42. The van der Waals surface area contributed by atoms with Gasteiger partial charge in [-0.3, -0.25) is 4.79 Å². The van der Waals surface area contributed by atoms with Crippen LogP contribution in [-0.4, -0.2) is 50.1 Å². The van der Waals surface area contributed by atoms with Gasteiger partial charge in [0, 0.05) is 19.0 Å². The molecule has 2 atom stereocenters. The standard InChI is InChI=1S/C11H21N3O/c1-14-5-3-10(8-14)13-11(15)6-9-2-4-12-7-9/h9-10,12H,2-8H2,1H3,(H,13,15)/t9-,10+/m0/s1. The fourth-order valence-electron chi connectivity index (χ4n) is 2.49. The second kappa shape index (κ2) is 4.94. The van der Waals surface area contributed by atoms with Crippen molar-refractivity contribution in [3.63, 3.8) is 0 Å². The molecule has 0 aromatic heterocycles. The maximum atomic E-state index is 11.7. The molecule has 4 heteroatoms. The van der Waals surface area contributed by atoms with E-state index in [1.165, 1.54) is 0 Å². The van der Waals surface area contributed by atoms with E-state index in [0.717, 1.165) is 39.0 Å². The summed E-state index contributed by atoms with van der Waals surface area (Å²) in [5.41, 5.74) is 0. The summed E-state index contributed by atoms with van der Waals surface area (Å²) in [7, 11) is 2.10. The van der Waals surface area contributed by atoms with Crippen LogP contribution in [0.4, 0.5) is 0 Å². The normalized spacial score (nSPS) is 32.1. The van der Waals surface area contributed by atoms with Crippen LogP contribution in [0, 0.1) is 5.92 Å². The van der Waals surface area contributed by atoms with Gasteiger partial charge in [0.25, 0.3) is 0 Å². The van der Waals surface area contributed by atoms with Crippen LogP contribution in [0.15, 0.2) is 0 Å². The van der Waals surface area contributed by atoms with Crippen LogP contribution in [-0.2, 0) is 4.79 Å². The highest BCUT2D eigenvalue weighted by Gasteiger charge is 2.23. The largest absolute Gasteiger partial charge is 0.352 e. The lowest BCUT2D eigenvalue weighted by Crippen LogP contribution is -2.37. The fourth-order valence-corrected chi connectivity index (χ4v) is 2.49. The topological polar surface area (TPSA) is 44.4 Å². The zero-order valence-electron chi connectivity index (χ0n) is 9.46. The molecule has 86 valence electrons. The first-order chi connectivity index (χ1) is 7.24. The number of nitrogens with zero attached hydrogens (tertiary/aromatic N) is 1. The highest BCUT2D eigenvalue weighted by Crippen LogP contribution is 2.13. The Morgan fingerprint density at radius 2 is 2.40 bits per heavy atom. The molecule has 15 heavy (non-hydrogen) atoms. The molecule has 0 aliphatic carbocycles. The number of hydrogen-bond donors (Lipinski definition) is 2. The van der Waals surface area contributed by atoms with Crippen molar-refractivity contribution in [1.82, 2.24) is 15.5 Å². The van der Waals surface area contributed by atoms with E-state index in [-0.39, 0.29) is 5.91 Å². The number of amides is 1. The zero-order chi connectivity index (χ0) is 10.7. The maximum absolute atomic E-state index is 11.7. The Balaban J connectivity index is 1.67. The minimum Gasteiger partial charge on any atom is -0.352 e. The van der Waals surface area contributed by atoms with Gasteiger partial charge in [0.05, 0.1) is 0 Å². The van der Waals surface area contributed by atoms with Gasteiger partial charge in [-0.25, -0.2) is 0 Å². The first-order valence-electron chi connectivity index (χ1n) is 5.92. The Kier molecular flexibility index (Phi) is 3.59. The van der Waals surface area contributed by atoms with Gasteiger partial charge in [-0.15, -0.1) is 0 Å². The lowest BCUT2D eigenvalue weighted by Gasteiger charge is -2.14. The third-order valence-corrected chi connectivity index (χ3v) is 3.39. The van der Waals surface area contributed by atoms with Gasteiger partial charge in [-0.2, -0.15) is 0 Å². The molecule has 2 rings (SSSR count). The lowest BCUT2D eigenvalue weighted by atomic mass is 10.0. The van der Waals surface area contributed by atoms with Crippen LogP contribution in [0.1, 0.15) is 19.3 Å². The van der Waals surface area contributed by atoms with Crippen LogP contribution in [0.3, 0.4) is 0 Å². The summed E-state index contributed by atoms with van der Waals surface area (Å²) in [6.45, 7) is 4.20.